The fourth-order valence-corrected chi connectivity index (χ4v) is 2.46. The van der Waals surface area contributed by atoms with Crippen LogP contribution in [0.1, 0.15) is 37.3 Å². The Morgan fingerprint density at radius 1 is 1.22 bits per heavy atom. The molecule has 18 heavy (non-hydrogen) atoms. The van der Waals surface area contributed by atoms with Crippen molar-refractivity contribution in [3.05, 3.63) is 29.3 Å². The fraction of sp³-hybridized carbons (Fsp3) is 0.625. The quantitative estimate of drug-likeness (QED) is 0.800. The van der Waals surface area contributed by atoms with Crippen LogP contribution in [0.3, 0.4) is 0 Å². The van der Waals surface area contributed by atoms with E-state index < -0.39 is 0 Å². The lowest BCUT2D eigenvalue weighted by Crippen LogP contribution is -2.20. The third-order valence-electron chi connectivity index (χ3n) is 3.61. The molecule has 0 saturated carbocycles. The van der Waals surface area contributed by atoms with E-state index in [-0.39, 0.29) is 0 Å². The molecule has 1 aromatic rings. The second-order valence-corrected chi connectivity index (χ2v) is 5.54. The average Bonchev–Trinajstić information content (AvgIpc) is 2.29. The second kappa shape index (κ2) is 7.42. The van der Waals surface area contributed by atoms with Crippen LogP contribution in [0.4, 0.5) is 5.69 Å². The van der Waals surface area contributed by atoms with Crippen LogP contribution in [0.25, 0.3) is 0 Å². The maximum Gasteiger partial charge on any atom is 0.0393 e. The molecule has 1 aromatic carbocycles. The molecule has 1 unspecified atom stereocenters. The number of rotatable bonds is 7. The van der Waals surface area contributed by atoms with Gasteiger partial charge in [-0.3, -0.25) is 0 Å². The molecule has 0 spiro atoms. The third-order valence-corrected chi connectivity index (χ3v) is 3.61. The topological polar surface area (TPSA) is 29.3 Å². The lowest BCUT2D eigenvalue weighted by atomic mass is 10.0. The van der Waals surface area contributed by atoms with E-state index in [9.17, 15) is 0 Å². The molecule has 0 saturated heterocycles. The second-order valence-electron chi connectivity index (χ2n) is 5.54. The normalized spacial score (nSPS) is 12.5. The van der Waals surface area contributed by atoms with Gasteiger partial charge in [-0.05, 0) is 57.2 Å². The van der Waals surface area contributed by atoms with Crippen molar-refractivity contribution in [1.29, 1.82) is 0 Å². The van der Waals surface area contributed by atoms with Gasteiger partial charge in [-0.25, -0.2) is 0 Å². The molecule has 2 nitrogen and oxygen atoms in total. The summed E-state index contributed by atoms with van der Waals surface area (Å²) < 4.78 is 0. The summed E-state index contributed by atoms with van der Waals surface area (Å²) in [5.41, 5.74) is 9.63. The number of hydrogen-bond donors (Lipinski definition) is 1. The largest absolute Gasteiger partial charge is 0.374 e. The van der Waals surface area contributed by atoms with Crippen LogP contribution >= 0.6 is 0 Å². The fourth-order valence-electron chi connectivity index (χ4n) is 2.46. The number of benzene rings is 1. The Bertz CT molecular complexity index is 360. The smallest absolute Gasteiger partial charge is 0.0393 e. The van der Waals surface area contributed by atoms with Crippen LogP contribution in [-0.2, 0) is 0 Å². The van der Waals surface area contributed by atoms with Crippen LogP contribution in [0.15, 0.2) is 18.2 Å². The summed E-state index contributed by atoms with van der Waals surface area (Å²) in [5, 5.41) is 0. The highest BCUT2D eigenvalue weighted by atomic mass is 15.1. The van der Waals surface area contributed by atoms with Crippen molar-refractivity contribution in [2.24, 2.45) is 11.7 Å². The Labute approximate surface area is 112 Å². The minimum Gasteiger partial charge on any atom is -0.374 e. The average molecular weight is 248 g/mol. The zero-order valence-electron chi connectivity index (χ0n) is 12.4. The van der Waals surface area contributed by atoms with Crippen molar-refractivity contribution in [1.82, 2.24) is 0 Å². The predicted molar refractivity (Wildman–Crippen MR) is 81.3 cm³/mol. The molecule has 0 amide bonds. The summed E-state index contributed by atoms with van der Waals surface area (Å²) >= 11 is 0. The van der Waals surface area contributed by atoms with Gasteiger partial charge in [0, 0.05) is 19.3 Å². The summed E-state index contributed by atoms with van der Waals surface area (Å²) in [4.78, 5) is 2.37. The number of aryl methyl sites for hydroxylation is 2. The standard InChI is InChI=1S/C16H28N2/c1-13(9-10-17)6-5-11-18(4)16-8-7-14(2)12-15(16)3/h7-8,12-13H,5-6,9-11,17H2,1-4H3. The van der Waals surface area contributed by atoms with Crippen LogP contribution in [0.2, 0.25) is 0 Å². The van der Waals surface area contributed by atoms with Crippen LogP contribution in [0.5, 0.6) is 0 Å². The minimum atomic E-state index is 0.752. The lowest BCUT2D eigenvalue weighted by Gasteiger charge is -2.22. The Morgan fingerprint density at radius 3 is 2.56 bits per heavy atom. The van der Waals surface area contributed by atoms with Gasteiger partial charge in [0.05, 0.1) is 0 Å². The molecule has 0 aliphatic heterocycles. The molecule has 0 aromatic heterocycles. The van der Waals surface area contributed by atoms with Gasteiger partial charge in [0.1, 0.15) is 0 Å². The first-order valence-corrected chi connectivity index (χ1v) is 7.03. The van der Waals surface area contributed by atoms with Crippen molar-refractivity contribution in [2.45, 2.75) is 40.0 Å². The SMILES string of the molecule is Cc1ccc(N(C)CCCC(C)CCN)c(C)c1. The highest BCUT2D eigenvalue weighted by molar-refractivity contribution is 5.53. The summed E-state index contributed by atoms with van der Waals surface area (Å²) in [5.74, 6) is 0.752. The Morgan fingerprint density at radius 2 is 1.94 bits per heavy atom. The van der Waals surface area contributed by atoms with Gasteiger partial charge in [0.15, 0.2) is 0 Å². The van der Waals surface area contributed by atoms with Crippen molar-refractivity contribution in [2.75, 3.05) is 25.0 Å². The summed E-state index contributed by atoms with van der Waals surface area (Å²) in [6, 6.07) is 6.67. The Hall–Kier alpha value is -1.02. The van der Waals surface area contributed by atoms with Crippen LogP contribution in [0, 0.1) is 19.8 Å². The maximum absolute atomic E-state index is 5.58. The van der Waals surface area contributed by atoms with Gasteiger partial charge in [0.25, 0.3) is 0 Å². The van der Waals surface area contributed by atoms with Gasteiger partial charge in [-0.15, -0.1) is 0 Å². The molecule has 0 fully saturated rings. The van der Waals surface area contributed by atoms with E-state index in [1.54, 1.807) is 0 Å². The van der Waals surface area contributed by atoms with E-state index in [0.29, 0.717) is 0 Å². The zero-order valence-corrected chi connectivity index (χ0v) is 12.4. The molecule has 1 rings (SSSR count). The van der Waals surface area contributed by atoms with Gasteiger partial charge < -0.3 is 10.6 Å². The first kappa shape index (κ1) is 15.0. The molecule has 102 valence electrons. The Kier molecular flexibility index (Phi) is 6.20. The first-order chi connectivity index (χ1) is 8.54. The molecule has 0 heterocycles. The van der Waals surface area contributed by atoms with E-state index >= 15 is 0 Å². The molecule has 0 bridgehead atoms. The van der Waals surface area contributed by atoms with Crippen LogP contribution in [-0.4, -0.2) is 20.1 Å². The Balaban J connectivity index is 2.43. The molecular formula is C16H28N2. The van der Waals surface area contributed by atoms with Crippen molar-refractivity contribution >= 4 is 5.69 Å². The van der Waals surface area contributed by atoms with Gasteiger partial charge in [-0.2, -0.15) is 0 Å². The van der Waals surface area contributed by atoms with Crippen molar-refractivity contribution in [3.63, 3.8) is 0 Å². The van der Waals surface area contributed by atoms with E-state index in [2.05, 4.69) is 50.9 Å². The first-order valence-electron chi connectivity index (χ1n) is 7.03. The van der Waals surface area contributed by atoms with Gasteiger partial charge >= 0.3 is 0 Å². The molecule has 2 N–H and O–H groups in total. The molecule has 0 aliphatic rings. The molecule has 2 heteroatoms. The van der Waals surface area contributed by atoms with E-state index in [1.165, 1.54) is 29.7 Å². The minimum absolute atomic E-state index is 0.752. The van der Waals surface area contributed by atoms with E-state index in [4.69, 9.17) is 5.73 Å². The van der Waals surface area contributed by atoms with Crippen LogP contribution < -0.4 is 10.6 Å². The maximum atomic E-state index is 5.58. The van der Waals surface area contributed by atoms with E-state index in [0.717, 1.165) is 25.4 Å². The van der Waals surface area contributed by atoms with Gasteiger partial charge in [0.2, 0.25) is 0 Å². The highest BCUT2D eigenvalue weighted by Crippen LogP contribution is 2.20. The van der Waals surface area contributed by atoms with E-state index in [1.807, 2.05) is 0 Å². The number of anilines is 1. The highest BCUT2D eigenvalue weighted by Gasteiger charge is 2.06. The predicted octanol–water partition coefficient (Wildman–Crippen LogP) is 3.50. The number of nitrogens with zero attached hydrogens (tertiary/aromatic N) is 1. The lowest BCUT2D eigenvalue weighted by molar-refractivity contribution is 0.482. The van der Waals surface area contributed by atoms with Gasteiger partial charge in [-0.1, -0.05) is 24.6 Å². The molecule has 0 aliphatic carbocycles. The molecular weight excluding hydrogens is 220 g/mol. The summed E-state index contributed by atoms with van der Waals surface area (Å²) in [6.45, 7) is 8.57. The van der Waals surface area contributed by atoms with Crippen molar-refractivity contribution < 1.29 is 0 Å². The summed E-state index contributed by atoms with van der Waals surface area (Å²) in [6.07, 6.45) is 3.66. The molecule has 1 atom stereocenters. The van der Waals surface area contributed by atoms with Crippen molar-refractivity contribution in [3.8, 4) is 0 Å². The zero-order chi connectivity index (χ0) is 13.5. The number of hydrogen-bond acceptors (Lipinski definition) is 2. The third kappa shape index (κ3) is 4.69. The monoisotopic (exact) mass is 248 g/mol. The number of nitrogens with two attached hydrogens (primary N) is 1. The summed E-state index contributed by atoms with van der Waals surface area (Å²) in [7, 11) is 2.19. The molecule has 0 radical (unpaired) electrons.